The van der Waals surface area contributed by atoms with Gasteiger partial charge in [-0.05, 0) is 51.4 Å². The van der Waals surface area contributed by atoms with E-state index in [2.05, 4.69) is 0 Å². The first kappa shape index (κ1) is 22.5. The van der Waals surface area contributed by atoms with Gasteiger partial charge in [0.15, 0.2) is 0 Å². The molecule has 0 bridgehead atoms. The summed E-state index contributed by atoms with van der Waals surface area (Å²) >= 11 is 0. The predicted octanol–water partition coefficient (Wildman–Crippen LogP) is 7.06. The molecule has 0 aromatic rings. The molecule has 9 heteroatoms. The molecule has 0 heterocycles. The highest BCUT2D eigenvalue weighted by atomic mass is 31.3. The summed E-state index contributed by atoms with van der Waals surface area (Å²) in [6.45, 7) is 0. The lowest BCUT2D eigenvalue weighted by molar-refractivity contribution is 0.0448. The van der Waals surface area contributed by atoms with Crippen molar-refractivity contribution in [3.05, 3.63) is 0 Å². The van der Waals surface area contributed by atoms with E-state index < -0.39 is 15.6 Å². The van der Waals surface area contributed by atoms with Gasteiger partial charge in [-0.3, -0.25) is 18.1 Å². The van der Waals surface area contributed by atoms with Crippen LogP contribution < -0.4 is 0 Å². The standard InChI is InChI=1S/C20H36O7P2/c21-28(23-17-9-1-2-10-17,24-18-11-3-4-12-18)27-29(22,25-19-13-5-6-14-19)26-20-15-7-8-16-20/h17-20H,1-16H2. The maximum atomic E-state index is 13.7. The van der Waals surface area contributed by atoms with Crippen molar-refractivity contribution < 1.29 is 31.5 Å². The van der Waals surface area contributed by atoms with Crippen molar-refractivity contribution >= 4 is 15.6 Å². The Labute approximate surface area is 174 Å². The van der Waals surface area contributed by atoms with Crippen LogP contribution in [0.15, 0.2) is 0 Å². The van der Waals surface area contributed by atoms with Crippen molar-refractivity contribution in [3.8, 4) is 0 Å². The largest absolute Gasteiger partial charge is 0.484 e. The van der Waals surface area contributed by atoms with E-state index in [0.717, 1.165) is 103 Å². The van der Waals surface area contributed by atoms with Gasteiger partial charge in [-0.25, -0.2) is 9.13 Å². The number of rotatable bonds is 10. The highest BCUT2D eigenvalue weighted by Gasteiger charge is 2.47. The zero-order chi connectivity index (χ0) is 20.2. The molecule has 4 rings (SSSR count). The molecule has 0 atom stereocenters. The average Bonchev–Trinajstić information content (AvgIpc) is 3.43. The first-order valence-corrected chi connectivity index (χ1v) is 14.6. The van der Waals surface area contributed by atoms with Gasteiger partial charge in [0, 0.05) is 0 Å². The third-order valence-corrected chi connectivity index (χ3v) is 10.3. The van der Waals surface area contributed by atoms with Crippen LogP contribution >= 0.6 is 15.6 Å². The van der Waals surface area contributed by atoms with E-state index in [1.807, 2.05) is 0 Å². The number of phosphoric acid groups is 2. The second-order valence-electron chi connectivity index (χ2n) is 9.02. The minimum absolute atomic E-state index is 0.186. The highest BCUT2D eigenvalue weighted by molar-refractivity contribution is 7.62. The lowest BCUT2D eigenvalue weighted by Gasteiger charge is -2.29. The molecule has 7 nitrogen and oxygen atoms in total. The van der Waals surface area contributed by atoms with Crippen molar-refractivity contribution in [3.63, 3.8) is 0 Å². The second-order valence-corrected chi connectivity index (χ2v) is 12.3. The molecule has 0 aromatic heterocycles. The van der Waals surface area contributed by atoms with Crippen LogP contribution in [-0.2, 0) is 31.5 Å². The fourth-order valence-electron chi connectivity index (χ4n) is 4.95. The van der Waals surface area contributed by atoms with Gasteiger partial charge < -0.3 is 0 Å². The fraction of sp³-hybridized carbons (Fsp3) is 1.00. The fourth-order valence-corrected chi connectivity index (χ4v) is 8.95. The van der Waals surface area contributed by atoms with Crippen molar-refractivity contribution in [1.82, 2.24) is 0 Å². The van der Waals surface area contributed by atoms with Crippen LogP contribution in [0.4, 0.5) is 0 Å². The molecule has 168 valence electrons. The van der Waals surface area contributed by atoms with Gasteiger partial charge in [0.1, 0.15) is 0 Å². The summed E-state index contributed by atoms with van der Waals surface area (Å²) in [6, 6.07) is 0. The van der Waals surface area contributed by atoms with Gasteiger partial charge in [-0.15, -0.1) is 0 Å². The molecule has 4 saturated carbocycles. The maximum Gasteiger partial charge on any atom is 0.484 e. The summed E-state index contributed by atoms with van der Waals surface area (Å²) in [5.41, 5.74) is 0. The Kier molecular flexibility index (Phi) is 7.94. The third kappa shape index (κ3) is 6.62. The smallest absolute Gasteiger partial charge is 0.283 e. The summed E-state index contributed by atoms with van der Waals surface area (Å²) in [5, 5.41) is 0. The van der Waals surface area contributed by atoms with Gasteiger partial charge in [0.25, 0.3) is 0 Å². The highest BCUT2D eigenvalue weighted by Crippen LogP contribution is 2.69. The third-order valence-electron chi connectivity index (χ3n) is 6.52. The Morgan fingerprint density at radius 3 is 0.828 bits per heavy atom. The zero-order valence-corrected chi connectivity index (χ0v) is 19.2. The van der Waals surface area contributed by atoms with Gasteiger partial charge in [-0.1, -0.05) is 51.4 Å². The van der Waals surface area contributed by atoms with Crippen LogP contribution in [0.1, 0.15) is 103 Å². The Bertz CT molecular complexity index is 508. The first-order valence-electron chi connectivity index (χ1n) is 11.7. The maximum absolute atomic E-state index is 13.7. The van der Waals surface area contributed by atoms with Crippen molar-refractivity contribution in [2.24, 2.45) is 0 Å². The monoisotopic (exact) mass is 450 g/mol. The topological polar surface area (TPSA) is 80.3 Å². The van der Waals surface area contributed by atoms with Crippen LogP contribution in [0, 0.1) is 0 Å². The van der Waals surface area contributed by atoms with Crippen molar-refractivity contribution in [1.29, 1.82) is 0 Å². The Hall–Kier alpha value is 0.260. The molecule has 0 aliphatic heterocycles. The van der Waals surface area contributed by atoms with Crippen molar-refractivity contribution in [2.75, 3.05) is 0 Å². The molecule has 4 aliphatic rings. The molecule has 0 radical (unpaired) electrons. The van der Waals surface area contributed by atoms with Crippen LogP contribution in [0.25, 0.3) is 0 Å². The van der Waals surface area contributed by atoms with Crippen LogP contribution in [0.5, 0.6) is 0 Å². The molecule has 0 aromatic carbocycles. The van der Waals surface area contributed by atoms with Gasteiger partial charge in [-0.2, -0.15) is 4.31 Å². The van der Waals surface area contributed by atoms with E-state index in [4.69, 9.17) is 22.4 Å². The molecule has 0 unspecified atom stereocenters. The zero-order valence-electron chi connectivity index (χ0n) is 17.4. The summed E-state index contributed by atoms with van der Waals surface area (Å²) in [6.07, 6.45) is 14.0. The summed E-state index contributed by atoms with van der Waals surface area (Å²) < 4.78 is 56.5. The minimum atomic E-state index is -4.07. The van der Waals surface area contributed by atoms with Gasteiger partial charge >= 0.3 is 15.6 Å². The SMILES string of the molecule is O=P(OC1CCCC1)(OC1CCCC1)OP(=O)(OC1CCCC1)OC1CCCC1. The summed E-state index contributed by atoms with van der Waals surface area (Å²) in [5.74, 6) is 0. The van der Waals surface area contributed by atoms with E-state index in [-0.39, 0.29) is 24.4 Å². The predicted molar refractivity (Wildman–Crippen MR) is 110 cm³/mol. The number of hydrogen-bond donors (Lipinski definition) is 0. The van der Waals surface area contributed by atoms with Crippen molar-refractivity contribution in [2.45, 2.75) is 127 Å². The molecular weight excluding hydrogens is 414 g/mol. The number of hydrogen-bond acceptors (Lipinski definition) is 7. The van der Waals surface area contributed by atoms with E-state index in [1.54, 1.807) is 0 Å². The first-order chi connectivity index (χ1) is 14.0. The molecule has 0 N–H and O–H groups in total. The molecule has 0 spiro atoms. The molecule has 4 fully saturated rings. The minimum Gasteiger partial charge on any atom is -0.283 e. The van der Waals surface area contributed by atoms with E-state index in [9.17, 15) is 9.13 Å². The van der Waals surface area contributed by atoms with Crippen LogP contribution in [0.2, 0.25) is 0 Å². The van der Waals surface area contributed by atoms with Gasteiger partial charge in [0.2, 0.25) is 0 Å². The second kappa shape index (κ2) is 10.3. The summed E-state index contributed by atoms with van der Waals surface area (Å²) in [4.78, 5) is 0. The summed E-state index contributed by atoms with van der Waals surface area (Å²) in [7, 11) is -8.13. The van der Waals surface area contributed by atoms with E-state index >= 15 is 0 Å². The Morgan fingerprint density at radius 1 is 0.414 bits per heavy atom. The van der Waals surface area contributed by atoms with E-state index in [0.29, 0.717) is 0 Å². The Balaban J connectivity index is 1.50. The van der Waals surface area contributed by atoms with Gasteiger partial charge in [0.05, 0.1) is 24.4 Å². The normalized spacial score (nSPS) is 26.2. The van der Waals surface area contributed by atoms with Crippen LogP contribution in [-0.4, -0.2) is 24.4 Å². The molecular formula is C20H36O7P2. The molecule has 29 heavy (non-hydrogen) atoms. The molecule has 0 amide bonds. The lowest BCUT2D eigenvalue weighted by Crippen LogP contribution is -2.17. The average molecular weight is 450 g/mol. The quantitative estimate of drug-likeness (QED) is 0.330. The molecule has 4 aliphatic carbocycles. The molecule has 0 saturated heterocycles. The number of phosphoric ester groups is 2. The Morgan fingerprint density at radius 2 is 0.621 bits per heavy atom. The lowest BCUT2D eigenvalue weighted by atomic mass is 10.3. The van der Waals surface area contributed by atoms with E-state index in [1.165, 1.54) is 0 Å². The van der Waals surface area contributed by atoms with Crippen LogP contribution in [0.3, 0.4) is 0 Å².